The standard InChI is InChI=1S/C34H46N4O4/c1-3-30(40)29-16-34-17-31(34)38(29)32(41)21-37-20-28(23(2)39)27-15-26(36-18-24-10-6-4-7-11-24)14-25(33(27)37)19-35-12-8-5-9-13-42-22-34/h5,9,14-15,20,24,29,31,35-36H,3-4,6-8,10-13,16-19,21-22H2,1-2H3/b9-5-/t29-,31+,34-/m0/s1. The largest absolute Gasteiger partial charge is 0.385 e. The van der Waals surface area contributed by atoms with Crippen LogP contribution in [0.4, 0.5) is 5.69 Å². The fraction of sp³-hybridized carbons (Fsp3) is 0.618. The van der Waals surface area contributed by atoms with Crippen molar-refractivity contribution in [1.29, 1.82) is 0 Å². The number of hydrogen-bond donors (Lipinski definition) is 2. The molecule has 1 aromatic heterocycles. The molecule has 4 aliphatic rings. The Hall–Kier alpha value is -2.97. The van der Waals surface area contributed by atoms with Gasteiger partial charge in [0, 0.05) is 53.8 Å². The smallest absolute Gasteiger partial charge is 0.243 e. The van der Waals surface area contributed by atoms with Crippen LogP contribution in [0.25, 0.3) is 10.9 Å². The second-order valence-electron chi connectivity index (χ2n) is 13.0. The molecule has 6 rings (SSSR count). The molecule has 8 nitrogen and oxygen atoms in total. The monoisotopic (exact) mass is 574 g/mol. The summed E-state index contributed by atoms with van der Waals surface area (Å²) < 4.78 is 7.99. The Kier molecular flexibility index (Phi) is 8.55. The molecule has 2 saturated carbocycles. The molecule has 2 aliphatic carbocycles. The van der Waals surface area contributed by atoms with Crippen molar-refractivity contribution in [3.8, 4) is 0 Å². The molecule has 2 N–H and O–H groups in total. The maximum atomic E-state index is 14.0. The van der Waals surface area contributed by atoms with Gasteiger partial charge in [-0.1, -0.05) is 38.3 Å². The molecule has 226 valence electrons. The van der Waals surface area contributed by atoms with Crippen molar-refractivity contribution in [2.45, 2.75) is 96.8 Å². The number of benzene rings is 1. The minimum absolute atomic E-state index is 0.0135. The summed E-state index contributed by atoms with van der Waals surface area (Å²) in [6, 6.07) is 3.92. The Labute approximate surface area is 249 Å². The van der Waals surface area contributed by atoms with E-state index in [-0.39, 0.29) is 35.5 Å². The predicted molar refractivity (Wildman–Crippen MR) is 165 cm³/mol. The lowest BCUT2D eigenvalue weighted by Gasteiger charge is -2.27. The maximum absolute atomic E-state index is 14.0. The van der Waals surface area contributed by atoms with Crippen molar-refractivity contribution >= 4 is 34.1 Å². The van der Waals surface area contributed by atoms with E-state index in [0.717, 1.165) is 48.1 Å². The van der Waals surface area contributed by atoms with Crippen LogP contribution < -0.4 is 10.6 Å². The number of aromatic nitrogens is 1. The fourth-order valence-corrected chi connectivity index (χ4v) is 7.68. The van der Waals surface area contributed by atoms with Gasteiger partial charge in [-0.15, -0.1) is 0 Å². The van der Waals surface area contributed by atoms with Crippen molar-refractivity contribution in [3.05, 3.63) is 41.6 Å². The van der Waals surface area contributed by atoms with E-state index in [4.69, 9.17) is 4.74 Å². The maximum Gasteiger partial charge on any atom is 0.243 e. The molecule has 3 atom stereocenters. The van der Waals surface area contributed by atoms with Crippen LogP contribution in [0.2, 0.25) is 0 Å². The van der Waals surface area contributed by atoms with Crippen LogP contribution in [0, 0.1) is 11.3 Å². The summed E-state index contributed by atoms with van der Waals surface area (Å²) in [5.41, 5.74) is 3.53. The van der Waals surface area contributed by atoms with E-state index in [1.165, 1.54) is 32.1 Å². The molecule has 3 fully saturated rings. The Balaban J connectivity index is 1.36. The highest BCUT2D eigenvalue weighted by Gasteiger charge is 2.66. The quantitative estimate of drug-likeness (QED) is 0.362. The van der Waals surface area contributed by atoms with Crippen LogP contribution in [0.5, 0.6) is 0 Å². The van der Waals surface area contributed by atoms with Gasteiger partial charge in [0.2, 0.25) is 5.91 Å². The van der Waals surface area contributed by atoms with E-state index in [1.54, 1.807) is 6.92 Å². The minimum Gasteiger partial charge on any atom is -0.385 e. The Bertz CT molecular complexity index is 1370. The molecule has 8 heteroatoms. The molecular formula is C34H46N4O4. The number of carbonyl (C=O) groups is 3. The average molecular weight is 575 g/mol. The predicted octanol–water partition coefficient (Wildman–Crippen LogP) is 5.24. The second-order valence-corrected chi connectivity index (χ2v) is 13.0. The minimum atomic E-state index is -0.398. The number of nitrogens with zero attached hydrogens (tertiary/aromatic N) is 2. The van der Waals surface area contributed by atoms with E-state index in [9.17, 15) is 14.4 Å². The molecule has 2 aromatic rings. The van der Waals surface area contributed by atoms with E-state index in [1.807, 2.05) is 22.6 Å². The van der Waals surface area contributed by atoms with Crippen LogP contribution in [-0.4, -0.2) is 65.3 Å². The molecule has 1 saturated heterocycles. The molecule has 0 spiro atoms. The van der Waals surface area contributed by atoms with Gasteiger partial charge in [0.1, 0.15) is 6.54 Å². The highest BCUT2D eigenvalue weighted by molar-refractivity contribution is 6.09. The van der Waals surface area contributed by atoms with Gasteiger partial charge in [0.05, 0.1) is 24.8 Å². The van der Waals surface area contributed by atoms with Crippen LogP contribution in [0.1, 0.15) is 87.6 Å². The van der Waals surface area contributed by atoms with Crippen molar-refractivity contribution in [2.24, 2.45) is 11.3 Å². The molecule has 0 unspecified atom stereocenters. The molecule has 1 amide bonds. The number of ether oxygens (including phenoxy) is 1. The number of hydrogen-bond acceptors (Lipinski definition) is 6. The number of amides is 1. The highest BCUT2D eigenvalue weighted by Crippen LogP contribution is 2.60. The van der Waals surface area contributed by atoms with E-state index < -0.39 is 6.04 Å². The summed E-state index contributed by atoms with van der Waals surface area (Å²) in [6.07, 6.45) is 15.4. The first-order valence-corrected chi connectivity index (χ1v) is 16.1. The Morgan fingerprint density at radius 2 is 1.98 bits per heavy atom. The lowest BCUT2D eigenvalue weighted by molar-refractivity contribution is -0.139. The zero-order chi connectivity index (χ0) is 29.3. The van der Waals surface area contributed by atoms with Crippen molar-refractivity contribution in [1.82, 2.24) is 14.8 Å². The van der Waals surface area contributed by atoms with Gasteiger partial charge in [-0.2, -0.15) is 0 Å². The summed E-state index contributed by atoms with van der Waals surface area (Å²) in [5.74, 6) is 0.725. The SMILES string of the molecule is CCC(=O)[C@@H]1C[C@]23COC/C=C\CCNCc4cc(NCC5CCCCC5)cc5c(C(C)=O)cn(c45)CC(=O)N1[C@@H]2C3. The summed E-state index contributed by atoms with van der Waals surface area (Å²) in [7, 11) is 0. The number of ketones is 2. The zero-order valence-electron chi connectivity index (χ0n) is 25.3. The molecule has 3 heterocycles. The molecule has 2 bridgehead atoms. The lowest BCUT2D eigenvalue weighted by atomic mass is 9.89. The molecule has 2 aliphatic heterocycles. The highest BCUT2D eigenvalue weighted by atomic mass is 16.5. The normalized spacial score (nSPS) is 27.9. The van der Waals surface area contributed by atoms with Crippen LogP contribution in [0.3, 0.4) is 0 Å². The summed E-state index contributed by atoms with van der Waals surface area (Å²) in [6.45, 7) is 7.07. The summed E-state index contributed by atoms with van der Waals surface area (Å²) >= 11 is 0. The fourth-order valence-electron chi connectivity index (χ4n) is 7.68. The van der Waals surface area contributed by atoms with Crippen LogP contribution >= 0.6 is 0 Å². The number of anilines is 1. The molecule has 42 heavy (non-hydrogen) atoms. The van der Waals surface area contributed by atoms with Gasteiger partial charge in [-0.25, -0.2) is 0 Å². The molecule has 1 aromatic carbocycles. The van der Waals surface area contributed by atoms with Gasteiger partial charge >= 0.3 is 0 Å². The van der Waals surface area contributed by atoms with E-state index >= 15 is 0 Å². The van der Waals surface area contributed by atoms with Gasteiger partial charge in [-0.05, 0) is 69.2 Å². The molecule has 0 radical (unpaired) electrons. The summed E-state index contributed by atoms with van der Waals surface area (Å²) in [4.78, 5) is 41.8. The van der Waals surface area contributed by atoms with Crippen molar-refractivity contribution in [2.75, 3.05) is 31.6 Å². The van der Waals surface area contributed by atoms with Gasteiger partial charge in [0.25, 0.3) is 0 Å². The third kappa shape index (κ3) is 5.80. The number of nitrogens with one attached hydrogen (secondary N) is 2. The number of rotatable bonds is 6. The van der Waals surface area contributed by atoms with Gasteiger partial charge in [-0.3, -0.25) is 14.4 Å². The topological polar surface area (TPSA) is 92.7 Å². The second kappa shape index (κ2) is 12.3. The lowest BCUT2D eigenvalue weighted by Crippen LogP contribution is -2.44. The zero-order valence-corrected chi connectivity index (χ0v) is 25.3. The number of carbonyl (C=O) groups excluding carboxylic acids is 3. The average Bonchev–Trinajstić information content (AvgIpc) is 3.40. The van der Waals surface area contributed by atoms with Crippen LogP contribution in [-0.2, 0) is 27.4 Å². The Morgan fingerprint density at radius 3 is 2.76 bits per heavy atom. The third-order valence-electron chi connectivity index (χ3n) is 10.1. The van der Waals surface area contributed by atoms with Crippen LogP contribution in [0.15, 0.2) is 30.5 Å². The van der Waals surface area contributed by atoms with Gasteiger partial charge < -0.3 is 24.8 Å². The van der Waals surface area contributed by atoms with Gasteiger partial charge in [0.15, 0.2) is 11.6 Å². The molecular weight excluding hydrogens is 528 g/mol. The van der Waals surface area contributed by atoms with Crippen molar-refractivity contribution in [3.63, 3.8) is 0 Å². The number of Topliss-reactive ketones (excluding diaryl/α,β-unsaturated/α-hetero) is 2. The first-order valence-electron chi connectivity index (χ1n) is 16.1. The third-order valence-corrected chi connectivity index (χ3v) is 10.1. The Morgan fingerprint density at radius 1 is 1.14 bits per heavy atom. The first kappa shape index (κ1) is 29.1. The van der Waals surface area contributed by atoms with E-state index in [2.05, 4.69) is 34.9 Å². The van der Waals surface area contributed by atoms with E-state index in [0.29, 0.717) is 44.1 Å². The number of piperidine rings is 1. The summed E-state index contributed by atoms with van der Waals surface area (Å²) in [5, 5.41) is 8.15. The van der Waals surface area contributed by atoms with Crippen molar-refractivity contribution < 1.29 is 19.1 Å². The first-order chi connectivity index (χ1) is 20.4.